The Bertz CT molecular complexity index is 406. The Morgan fingerprint density at radius 3 is 2.35 bits per heavy atom. The molecular formula is C8H5F6NO2. The number of hydrogen-bond acceptors (Lipinski definition) is 3. The predicted molar refractivity (Wildman–Crippen MR) is 41.8 cm³/mol. The van der Waals surface area contributed by atoms with Gasteiger partial charge in [0.2, 0.25) is 5.95 Å². The zero-order valence-corrected chi connectivity index (χ0v) is 7.93. The van der Waals surface area contributed by atoms with E-state index in [-0.39, 0.29) is 0 Å². The third-order valence-corrected chi connectivity index (χ3v) is 1.64. The molecule has 0 saturated carbocycles. The first-order chi connectivity index (χ1) is 7.74. The molecule has 0 unspecified atom stereocenters. The van der Waals surface area contributed by atoms with Gasteiger partial charge >= 0.3 is 6.36 Å². The second-order valence-corrected chi connectivity index (χ2v) is 2.83. The van der Waals surface area contributed by atoms with Crippen LogP contribution in [0.1, 0.15) is 17.7 Å². The molecule has 1 aromatic rings. The topological polar surface area (TPSA) is 42.4 Å². The minimum absolute atomic E-state index is 0.382. The number of alkyl halides is 5. The predicted octanol–water partition coefficient (Wildman–Crippen LogP) is 2.55. The van der Waals surface area contributed by atoms with Crippen LogP contribution in [0.5, 0.6) is 5.75 Å². The molecule has 0 saturated heterocycles. The zero-order valence-electron chi connectivity index (χ0n) is 7.93. The highest BCUT2D eigenvalue weighted by molar-refractivity contribution is 5.37. The lowest BCUT2D eigenvalue weighted by Crippen LogP contribution is -2.20. The first-order valence-electron chi connectivity index (χ1n) is 4.08. The summed E-state index contributed by atoms with van der Waals surface area (Å²) < 4.78 is 76.5. The number of aliphatic hydroxyl groups is 1. The van der Waals surface area contributed by atoms with E-state index in [0.29, 0.717) is 6.07 Å². The van der Waals surface area contributed by atoms with E-state index in [9.17, 15) is 26.3 Å². The van der Waals surface area contributed by atoms with Crippen molar-refractivity contribution in [2.75, 3.05) is 0 Å². The number of pyridine rings is 1. The molecule has 3 nitrogen and oxygen atoms in total. The van der Waals surface area contributed by atoms with Crippen LogP contribution in [0.2, 0.25) is 0 Å². The number of aromatic nitrogens is 1. The lowest BCUT2D eigenvalue weighted by molar-refractivity contribution is -0.275. The van der Waals surface area contributed by atoms with Gasteiger partial charge in [-0.05, 0) is 0 Å². The molecule has 1 N–H and O–H groups in total. The van der Waals surface area contributed by atoms with Gasteiger partial charge in [0.1, 0.15) is 0 Å². The molecule has 0 atom stereocenters. The quantitative estimate of drug-likeness (QED) is 0.671. The highest BCUT2D eigenvalue weighted by Gasteiger charge is 2.35. The highest BCUT2D eigenvalue weighted by atomic mass is 19.4. The molecule has 0 aromatic carbocycles. The zero-order chi connectivity index (χ0) is 13.2. The third kappa shape index (κ3) is 3.48. The second kappa shape index (κ2) is 4.78. The molecule has 1 heterocycles. The number of rotatable bonds is 3. The fourth-order valence-electron chi connectivity index (χ4n) is 1.07. The Kier molecular flexibility index (Phi) is 3.81. The van der Waals surface area contributed by atoms with Crippen LogP contribution < -0.4 is 4.74 Å². The van der Waals surface area contributed by atoms with Crippen molar-refractivity contribution in [3.05, 3.63) is 23.3 Å². The number of halogens is 6. The molecule has 0 aliphatic heterocycles. The summed E-state index contributed by atoms with van der Waals surface area (Å²) in [4.78, 5) is 2.61. The van der Waals surface area contributed by atoms with E-state index in [4.69, 9.17) is 5.11 Å². The van der Waals surface area contributed by atoms with Crippen molar-refractivity contribution < 1.29 is 36.2 Å². The minimum Gasteiger partial charge on any atom is -0.403 e. The maximum absolute atomic E-state index is 12.7. The smallest absolute Gasteiger partial charge is 0.403 e. The molecule has 1 aromatic heterocycles. The average molecular weight is 261 g/mol. The van der Waals surface area contributed by atoms with E-state index in [2.05, 4.69) is 9.72 Å². The van der Waals surface area contributed by atoms with Gasteiger partial charge in [-0.1, -0.05) is 0 Å². The van der Waals surface area contributed by atoms with E-state index in [1.54, 1.807) is 0 Å². The molecule has 0 amide bonds. The van der Waals surface area contributed by atoms with Gasteiger partial charge in [0.15, 0.2) is 11.4 Å². The maximum Gasteiger partial charge on any atom is 0.573 e. The summed E-state index contributed by atoms with van der Waals surface area (Å²) >= 11 is 0. The highest BCUT2D eigenvalue weighted by Crippen LogP contribution is 2.34. The Labute approximate surface area is 90.6 Å². The number of hydrogen-bond donors (Lipinski definition) is 1. The first-order valence-corrected chi connectivity index (χ1v) is 4.08. The molecule has 96 valence electrons. The van der Waals surface area contributed by atoms with E-state index >= 15 is 0 Å². The van der Waals surface area contributed by atoms with Crippen LogP contribution in [-0.4, -0.2) is 16.5 Å². The van der Waals surface area contributed by atoms with Gasteiger partial charge in [0.25, 0.3) is 6.43 Å². The third-order valence-electron chi connectivity index (χ3n) is 1.64. The van der Waals surface area contributed by atoms with Gasteiger partial charge in [-0.3, -0.25) is 0 Å². The van der Waals surface area contributed by atoms with Crippen LogP contribution in [0.25, 0.3) is 0 Å². The average Bonchev–Trinajstić information content (AvgIpc) is 2.17. The Hall–Kier alpha value is -1.51. The van der Waals surface area contributed by atoms with Crippen LogP contribution in [0.4, 0.5) is 26.3 Å². The molecule has 0 fully saturated rings. The molecule has 0 aliphatic rings. The Morgan fingerprint density at radius 1 is 1.35 bits per heavy atom. The molecule has 0 bridgehead atoms. The van der Waals surface area contributed by atoms with Gasteiger partial charge < -0.3 is 9.84 Å². The largest absolute Gasteiger partial charge is 0.573 e. The summed E-state index contributed by atoms with van der Waals surface area (Å²) in [5.41, 5.74) is -2.27. The van der Waals surface area contributed by atoms with Crippen LogP contribution in [0, 0.1) is 5.95 Å². The van der Waals surface area contributed by atoms with Crippen LogP contribution in [-0.2, 0) is 6.61 Å². The summed E-state index contributed by atoms with van der Waals surface area (Å²) in [6.07, 6.45) is -8.71. The van der Waals surface area contributed by atoms with Crippen LogP contribution >= 0.6 is 0 Å². The number of ether oxygens (including phenoxy) is 1. The van der Waals surface area contributed by atoms with Crippen molar-refractivity contribution in [1.82, 2.24) is 4.98 Å². The first kappa shape index (κ1) is 13.6. The molecule has 1 rings (SSSR count). The molecule has 0 radical (unpaired) electrons. The summed E-state index contributed by atoms with van der Waals surface area (Å²) in [6, 6.07) is 0.382. The molecular weight excluding hydrogens is 256 g/mol. The fraction of sp³-hybridized carbons (Fsp3) is 0.375. The Morgan fingerprint density at radius 2 is 1.94 bits per heavy atom. The van der Waals surface area contributed by atoms with Gasteiger partial charge in [-0.25, -0.2) is 13.8 Å². The van der Waals surface area contributed by atoms with Crippen LogP contribution in [0.3, 0.4) is 0 Å². The summed E-state index contributed by atoms with van der Waals surface area (Å²) in [6.45, 7) is -1.09. The lowest BCUT2D eigenvalue weighted by atomic mass is 10.2. The van der Waals surface area contributed by atoms with Gasteiger partial charge in [-0.15, -0.1) is 13.2 Å². The summed E-state index contributed by atoms with van der Waals surface area (Å²) in [5.74, 6) is -2.81. The molecule has 0 spiro atoms. The molecule has 17 heavy (non-hydrogen) atoms. The van der Waals surface area contributed by atoms with Crippen LogP contribution in [0.15, 0.2) is 6.07 Å². The summed E-state index contributed by atoms with van der Waals surface area (Å²) in [7, 11) is 0. The standard InChI is InChI=1S/C8H5F6NO2/c9-4-1-3(2-16)6(17-8(12,13)14)5(15-4)7(10)11/h1,7,16H,2H2. The van der Waals surface area contributed by atoms with E-state index in [0.717, 1.165) is 0 Å². The minimum atomic E-state index is -5.24. The monoisotopic (exact) mass is 261 g/mol. The maximum atomic E-state index is 12.7. The van der Waals surface area contributed by atoms with E-state index in [1.807, 2.05) is 0 Å². The second-order valence-electron chi connectivity index (χ2n) is 2.83. The summed E-state index contributed by atoms with van der Waals surface area (Å²) in [5, 5.41) is 8.66. The molecule has 0 aliphatic carbocycles. The van der Waals surface area contributed by atoms with Crippen molar-refractivity contribution >= 4 is 0 Å². The van der Waals surface area contributed by atoms with E-state index < -0.39 is 42.3 Å². The van der Waals surface area contributed by atoms with Gasteiger partial charge in [0, 0.05) is 11.6 Å². The number of nitrogens with zero attached hydrogens (tertiary/aromatic N) is 1. The van der Waals surface area contributed by atoms with E-state index in [1.165, 1.54) is 0 Å². The van der Waals surface area contributed by atoms with Crippen molar-refractivity contribution in [2.24, 2.45) is 0 Å². The molecule has 9 heteroatoms. The van der Waals surface area contributed by atoms with Gasteiger partial charge in [-0.2, -0.15) is 4.39 Å². The normalized spacial score (nSPS) is 12.0. The van der Waals surface area contributed by atoms with Gasteiger partial charge in [0.05, 0.1) is 6.61 Å². The van der Waals surface area contributed by atoms with Crippen molar-refractivity contribution in [3.8, 4) is 5.75 Å². The van der Waals surface area contributed by atoms with Crippen molar-refractivity contribution in [3.63, 3.8) is 0 Å². The number of aliphatic hydroxyl groups excluding tert-OH is 1. The SMILES string of the molecule is OCc1cc(F)nc(C(F)F)c1OC(F)(F)F. The van der Waals surface area contributed by atoms with Crippen molar-refractivity contribution in [1.29, 1.82) is 0 Å². The fourth-order valence-corrected chi connectivity index (χ4v) is 1.07. The lowest BCUT2D eigenvalue weighted by Gasteiger charge is -2.15. The Balaban J connectivity index is 3.32. The van der Waals surface area contributed by atoms with Crippen molar-refractivity contribution in [2.45, 2.75) is 19.4 Å².